The fourth-order valence-electron chi connectivity index (χ4n) is 5.65. The van der Waals surface area contributed by atoms with Crippen molar-refractivity contribution in [1.29, 1.82) is 0 Å². The summed E-state index contributed by atoms with van der Waals surface area (Å²) >= 11 is 5.87. The van der Waals surface area contributed by atoms with Crippen LogP contribution >= 0.6 is 11.6 Å². The Bertz CT molecular complexity index is 1520. The molecule has 2 aromatic carbocycles. The molecule has 3 amide bonds. The van der Waals surface area contributed by atoms with E-state index in [2.05, 4.69) is 20.5 Å². The van der Waals surface area contributed by atoms with Gasteiger partial charge < -0.3 is 35.6 Å². The first-order chi connectivity index (χ1) is 20.8. The highest BCUT2D eigenvalue weighted by Gasteiger charge is 2.26. The zero-order valence-electron chi connectivity index (χ0n) is 23.6. The second-order valence-corrected chi connectivity index (χ2v) is 11.4. The molecule has 1 aromatic heterocycles. The first-order valence-corrected chi connectivity index (χ1v) is 14.8. The van der Waals surface area contributed by atoms with Gasteiger partial charge in [0.1, 0.15) is 5.15 Å². The molecule has 4 N–H and O–H groups in total. The number of nitrogens with zero attached hydrogens (tertiary/aromatic N) is 3. The van der Waals surface area contributed by atoms with Gasteiger partial charge in [-0.05, 0) is 74.2 Å². The Morgan fingerprint density at radius 2 is 1.53 bits per heavy atom. The van der Waals surface area contributed by atoms with Crippen LogP contribution in [0.2, 0.25) is 5.15 Å². The number of amides is 3. The first kappa shape index (κ1) is 28.8. The van der Waals surface area contributed by atoms with Crippen LogP contribution in [0.15, 0.2) is 54.7 Å². The minimum atomic E-state index is -0.345. The Morgan fingerprint density at radius 1 is 0.837 bits per heavy atom. The SMILES string of the molecule is NC1CCC(NC(=O)c2ccc(N3CCN(C(=O)c4ccc(Cl)nc4)CC3)c(NC(=O)c3ccc4c(c3)OCO4)c2)CC1. The number of aromatic nitrogens is 1. The number of carbonyl (C=O) groups excluding carboxylic acids is 3. The number of halogens is 1. The number of ether oxygens (including phenoxy) is 2. The lowest BCUT2D eigenvalue weighted by atomic mass is 9.91. The average Bonchev–Trinajstić information content (AvgIpc) is 3.50. The molecule has 12 heteroatoms. The molecule has 3 aliphatic rings. The lowest BCUT2D eigenvalue weighted by Gasteiger charge is -2.37. The first-order valence-electron chi connectivity index (χ1n) is 14.4. The highest BCUT2D eigenvalue weighted by Crippen LogP contribution is 2.34. The molecule has 3 heterocycles. The van der Waals surface area contributed by atoms with Crippen molar-refractivity contribution in [2.45, 2.75) is 37.8 Å². The van der Waals surface area contributed by atoms with Crippen molar-refractivity contribution in [2.24, 2.45) is 5.73 Å². The minimum absolute atomic E-state index is 0.0695. The fourth-order valence-corrected chi connectivity index (χ4v) is 5.76. The van der Waals surface area contributed by atoms with Crippen LogP contribution in [-0.2, 0) is 0 Å². The van der Waals surface area contributed by atoms with Gasteiger partial charge in [-0.25, -0.2) is 4.98 Å². The molecule has 224 valence electrons. The number of hydrogen-bond acceptors (Lipinski definition) is 8. The molecule has 6 rings (SSSR count). The van der Waals surface area contributed by atoms with Crippen LogP contribution in [0.5, 0.6) is 11.5 Å². The summed E-state index contributed by atoms with van der Waals surface area (Å²) in [6, 6.07) is 13.9. The Hall–Kier alpha value is -4.35. The summed E-state index contributed by atoms with van der Waals surface area (Å²) in [6.45, 7) is 2.13. The van der Waals surface area contributed by atoms with Gasteiger partial charge in [-0.15, -0.1) is 0 Å². The number of hydrogen-bond donors (Lipinski definition) is 3. The van der Waals surface area contributed by atoms with Gasteiger partial charge in [-0.1, -0.05) is 11.6 Å². The number of benzene rings is 2. The second-order valence-electron chi connectivity index (χ2n) is 11.0. The summed E-state index contributed by atoms with van der Waals surface area (Å²) in [7, 11) is 0. The van der Waals surface area contributed by atoms with Crippen molar-refractivity contribution >= 4 is 40.7 Å². The van der Waals surface area contributed by atoms with Crippen LogP contribution in [0.4, 0.5) is 11.4 Å². The van der Waals surface area contributed by atoms with Gasteiger partial charge in [-0.2, -0.15) is 0 Å². The smallest absolute Gasteiger partial charge is 0.255 e. The number of nitrogens with two attached hydrogens (primary N) is 1. The molecule has 0 bridgehead atoms. The minimum Gasteiger partial charge on any atom is -0.454 e. The van der Waals surface area contributed by atoms with Crippen LogP contribution in [-0.4, -0.2) is 72.7 Å². The largest absolute Gasteiger partial charge is 0.454 e. The Balaban J connectivity index is 1.20. The molecule has 1 aliphatic carbocycles. The third kappa shape index (κ3) is 6.52. The Morgan fingerprint density at radius 3 is 2.28 bits per heavy atom. The Labute approximate surface area is 254 Å². The number of carbonyl (C=O) groups is 3. The van der Waals surface area contributed by atoms with E-state index in [1.165, 1.54) is 6.20 Å². The van der Waals surface area contributed by atoms with E-state index in [1.54, 1.807) is 47.4 Å². The summed E-state index contributed by atoms with van der Waals surface area (Å²) in [5, 5.41) is 6.46. The number of anilines is 2. The predicted molar refractivity (Wildman–Crippen MR) is 162 cm³/mol. The molecule has 0 atom stereocenters. The van der Waals surface area contributed by atoms with E-state index in [-0.39, 0.29) is 36.6 Å². The van der Waals surface area contributed by atoms with Crippen molar-refractivity contribution in [1.82, 2.24) is 15.2 Å². The van der Waals surface area contributed by atoms with Gasteiger partial charge in [0.2, 0.25) is 6.79 Å². The number of fused-ring (bicyclic) bond motifs is 1. The van der Waals surface area contributed by atoms with Crippen LogP contribution in [0.25, 0.3) is 0 Å². The maximum absolute atomic E-state index is 13.4. The summed E-state index contributed by atoms with van der Waals surface area (Å²) in [6.07, 6.45) is 4.92. The zero-order chi connectivity index (χ0) is 29.9. The van der Waals surface area contributed by atoms with Gasteiger partial charge in [0.15, 0.2) is 11.5 Å². The highest BCUT2D eigenvalue weighted by molar-refractivity contribution is 6.29. The molecule has 11 nitrogen and oxygen atoms in total. The van der Waals surface area contributed by atoms with Crippen molar-refractivity contribution < 1.29 is 23.9 Å². The zero-order valence-corrected chi connectivity index (χ0v) is 24.3. The number of pyridine rings is 1. The normalized spacial score (nSPS) is 19.6. The van der Waals surface area contributed by atoms with Crippen LogP contribution in [0.3, 0.4) is 0 Å². The van der Waals surface area contributed by atoms with Gasteiger partial charge >= 0.3 is 0 Å². The van der Waals surface area contributed by atoms with Crippen molar-refractivity contribution in [2.75, 3.05) is 43.2 Å². The summed E-state index contributed by atoms with van der Waals surface area (Å²) < 4.78 is 10.8. The number of nitrogens with one attached hydrogen (secondary N) is 2. The summed E-state index contributed by atoms with van der Waals surface area (Å²) in [4.78, 5) is 47.5. The van der Waals surface area contributed by atoms with Crippen molar-refractivity contribution in [3.8, 4) is 11.5 Å². The molecule has 1 saturated heterocycles. The van der Waals surface area contributed by atoms with Crippen LogP contribution in [0.1, 0.15) is 56.8 Å². The molecule has 0 unspecified atom stereocenters. The van der Waals surface area contributed by atoms with Gasteiger partial charge in [0, 0.05) is 55.6 Å². The molecule has 0 spiro atoms. The molecule has 0 radical (unpaired) electrons. The standard InChI is InChI=1S/C31H33ClN6O5/c32-28-10-3-21(17-34-28)31(41)38-13-11-37(12-14-38)25-8-1-19(29(39)35-23-6-4-22(33)5-7-23)15-24(25)36-30(40)20-2-9-26-27(16-20)43-18-42-26/h1-3,8-10,15-17,22-23H,4-7,11-14,18,33H2,(H,35,39)(H,36,40). The number of piperazine rings is 1. The summed E-state index contributed by atoms with van der Waals surface area (Å²) in [5.41, 5.74) is 8.61. The van der Waals surface area contributed by atoms with E-state index in [0.717, 1.165) is 31.4 Å². The van der Waals surface area contributed by atoms with E-state index < -0.39 is 0 Å². The molecule has 43 heavy (non-hydrogen) atoms. The predicted octanol–water partition coefficient (Wildman–Crippen LogP) is 3.68. The van der Waals surface area contributed by atoms with Crippen molar-refractivity contribution in [3.63, 3.8) is 0 Å². The molecule has 3 aromatic rings. The monoisotopic (exact) mass is 604 g/mol. The van der Waals surface area contributed by atoms with Crippen molar-refractivity contribution in [3.05, 3.63) is 76.6 Å². The van der Waals surface area contributed by atoms with E-state index in [1.807, 2.05) is 6.07 Å². The molecule has 2 aliphatic heterocycles. The lowest BCUT2D eigenvalue weighted by Crippen LogP contribution is -2.49. The fraction of sp³-hybridized carbons (Fsp3) is 0.355. The van der Waals surface area contributed by atoms with Gasteiger partial charge in [-0.3, -0.25) is 14.4 Å². The molecular formula is C31H33ClN6O5. The molecular weight excluding hydrogens is 572 g/mol. The molecule has 2 fully saturated rings. The van der Waals surface area contributed by atoms with E-state index in [9.17, 15) is 14.4 Å². The topological polar surface area (TPSA) is 139 Å². The maximum Gasteiger partial charge on any atom is 0.255 e. The van der Waals surface area contributed by atoms with Crippen LogP contribution < -0.4 is 30.7 Å². The van der Waals surface area contributed by atoms with E-state index in [4.69, 9.17) is 26.8 Å². The number of rotatable bonds is 6. The third-order valence-corrected chi connectivity index (χ3v) is 8.35. The quantitative estimate of drug-likeness (QED) is 0.362. The maximum atomic E-state index is 13.4. The highest BCUT2D eigenvalue weighted by atomic mass is 35.5. The third-order valence-electron chi connectivity index (χ3n) is 8.13. The lowest BCUT2D eigenvalue weighted by molar-refractivity contribution is 0.0746. The van der Waals surface area contributed by atoms with Crippen LogP contribution in [0, 0.1) is 0 Å². The average molecular weight is 605 g/mol. The van der Waals surface area contributed by atoms with Gasteiger partial charge in [0.05, 0.1) is 16.9 Å². The van der Waals surface area contributed by atoms with E-state index >= 15 is 0 Å². The molecule has 1 saturated carbocycles. The summed E-state index contributed by atoms with van der Waals surface area (Å²) in [5.74, 6) is 0.433. The Kier molecular flexibility index (Phi) is 8.35. The van der Waals surface area contributed by atoms with Gasteiger partial charge in [0.25, 0.3) is 17.7 Å². The van der Waals surface area contributed by atoms with E-state index in [0.29, 0.717) is 65.2 Å². The second kappa shape index (κ2) is 12.5.